The fourth-order valence-electron chi connectivity index (χ4n) is 3.89. The van der Waals surface area contributed by atoms with Crippen molar-refractivity contribution in [3.05, 3.63) is 119 Å². The molecule has 0 fully saturated rings. The largest absolute Gasteiger partial charge is 0.454 e. The highest BCUT2D eigenvalue weighted by molar-refractivity contribution is 6.37. The first-order valence-electron chi connectivity index (χ1n) is 11.4. The average Bonchev–Trinajstić information content (AvgIpc) is 2.92. The van der Waals surface area contributed by atoms with E-state index < -0.39 is 34.2 Å². The van der Waals surface area contributed by atoms with E-state index in [2.05, 4.69) is 10.1 Å². The summed E-state index contributed by atoms with van der Waals surface area (Å²) >= 11 is 12.7. The summed E-state index contributed by atoms with van der Waals surface area (Å²) in [5, 5.41) is 12.7. The molecule has 1 N–H and O–H groups in total. The topological polar surface area (TPSA) is 136 Å². The Kier molecular flexibility index (Phi) is 7.12. The third-order valence-corrected chi connectivity index (χ3v) is 6.35. The number of aromatic amines is 1. The standard InChI is InChI=1S/C26H13Cl2F3N6O4/c27-18-7-15(37-25(40)34-23(38)21(10-32)35-37)8-19(28)22(18)41-16-4-5-20-17(9-16)24(39)36(12-33-20)11-13-2-1-3-14(6-13)26(29,30)31/h1-9,12H,11H2,(H,34,38,40). The van der Waals surface area contributed by atoms with Crippen LogP contribution in [0.15, 0.2) is 75.3 Å². The van der Waals surface area contributed by atoms with E-state index in [9.17, 15) is 27.6 Å². The molecular formula is C26H13Cl2F3N6O4. The highest BCUT2D eigenvalue weighted by Gasteiger charge is 2.30. The molecule has 2 heterocycles. The van der Waals surface area contributed by atoms with E-state index >= 15 is 0 Å². The summed E-state index contributed by atoms with van der Waals surface area (Å²) in [4.78, 5) is 43.2. The Hall–Kier alpha value is -4.93. The molecule has 5 rings (SSSR count). The van der Waals surface area contributed by atoms with Crippen LogP contribution in [-0.4, -0.2) is 24.3 Å². The number of hydrogen-bond donors (Lipinski definition) is 1. The van der Waals surface area contributed by atoms with E-state index in [0.29, 0.717) is 5.52 Å². The van der Waals surface area contributed by atoms with Gasteiger partial charge >= 0.3 is 11.9 Å². The molecule has 0 saturated heterocycles. The van der Waals surface area contributed by atoms with Crippen LogP contribution in [0.5, 0.6) is 11.5 Å². The number of ether oxygens (including phenoxy) is 1. The van der Waals surface area contributed by atoms with Crippen molar-refractivity contribution in [3.8, 4) is 23.3 Å². The first-order valence-corrected chi connectivity index (χ1v) is 12.2. The molecule has 0 aliphatic heterocycles. The van der Waals surface area contributed by atoms with Crippen LogP contribution in [-0.2, 0) is 12.7 Å². The van der Waals surface area contributed by atoms with Gasteiger partial charge in [-0.25, -0.2) is 9.78 Å². The molecule has 0 unspecified atom stereocenters. The Balaban J connectivity index is 1.47. The first-order chi connectivity index (χ1) is 19.4. The molecule has 41 heavy (non-hydrogen) atoms. The van der Waals surface area contributed by atoms with Crippen molar-refractivity contribution in [3.63, 3.8) is 0 Å². The predicted octanol–water partition coefficient (Wildman–Crippen LogP) is 4.67. The van der Waals surface area contributed by atoms with Crippen molar-refractivity contribution < 1.29 is 17.9 Å². The molecule has 0 radical (unpaired) electrons. The second-order valence-electron chi connectivity index (χ2n) is 8.53. The van der Waals surface area contributed by atoms with Gasteiger partial charge in [0.15, 0.2) is 5.75 Å². The van der Waals surface area contributed by atoms with Crippen molar-refractivity contribution in [2.75, 3.05) is 0 Å². The zero-order chi connectivity index (χ0) is 29.5. The van der Waals surface area contributed by atoms with Crippen LogP contribution in [0.1, 0.15) is 16.8 Å². The van der Waals surface area contributed by atoms with Gasteiger partial charge in [0.05, 0.1) is 45.1 Å². The number of alkyl halides is 3. The number of nitriles is 1. The number of nitrogens with one attached hydrogen (secondary N) is 1. The number of halogens is 5. The van der Waals surface area contributed by atoms with E-state index in [4.69, 9.17) is 33.2 Å². The van der Waals surface area contributed by atoms with Gasteiger partial charge in [-0.3, -0.25) is 19.1 Å². The van der Waals surface area contributed by atoms with Crippen LogP contribution in [0.25, 0.3) is 16.6 Å². The Morgan fingerprint density at radius 1 is 1.02 bits per heavy atom. The van der Waals surface area contributed by atoms with E-state index in [1.165, 1.54) is 53.4 Å². The Morgan fingerprint density at radius 3 is 2.44 bits per heavy atom. The minimum Gasteiger partial charge on any atom is -0.454 e. The molecule has 0 aliphatic rings. The minimum atomic E-state index is -4.53. The molecule has 0 bridgehead atoms. The van der Waals surface area contributed by atoms with Gasteiger partial charge < -0.3 is 4.74 Å². The lowest BCUT2D eigenvalue weighted by Crippen LogP contribution is -2.33. The number of rotatable bonds is 5. The zero-order valence-corrected chi connectivity index (χ0v) is 21.8. The summed E-state index contributed by atoms with van der Waals surface area (Å²) in [6, 6.07) is 13.1. The van der Waals surface area contributed by atoms with Gasteiger partial charge in [-0.2, -0.15) is 23.1 Å². The molecule has 0 aliphatic carbocycles. The van der Waals surface area contributed by atoms with Crippen LogP contribution in [0, 0.1) is 11.3 Å². The summed E-state index contributed by atoms with van der Waals surface area (Å²) in [7, 11) is 0. The lowest BCUT2D eigenvalue weighted by atomic mass is 10.1. The lowest BCUT2D eigenvalue weighted by Gasteiger charge is -2.13. The maximum absolute atomic E-state index is 13.2. The van der Waals surface area contributed by atoms with Crippen molar-refractivity contribution in [1.82, 2.24) is 24.3 Å². The smallest absolute Gasteiger partial charge is 0.416 e. The van der Waals surface area contributed by atoms with Crippen molar-refractivity contribution >= 4 is 34.1 Å². The highest BCUT2D eigenvalue weighted by Crippen LogP contribution is 2.38. The van der Waals surface area contributed by atoms with E-state index in [-0.39, 0.29) is 44.7 Å². The van der Waals surface area contributed by atoms with E-state index in [0.717, 1.165) is 16.8 Å². The average molecular weight is 601 g/mol. The van der Waals surface area contributed by atoms with Gasteiger partial charge in [0.1, 0.15) is 11.8 Å². The summed E-state index contributed by atoms with van der Waals surface area (Å²) in [5.74, 6) is 0.0958. The molecule has 0 saturated carbocycles. The van der Waals surface area contributed by atoms with Crippen LogP contribution >= 0.6 is 23.2 Å². The van der Waals surface area contributed by atoms with Crippen LogP contribution in [0.3, 0.4) is 0 Å². The normalized spacial score (nSPS) is 11.4. The van der Waals surface area contributed by atoms with Gasteiger partial charge in [-0.15, -0.1) is 5.10 Å². The van der Waals surface area contributed by atoms with Crippen molar-refractivity contribution in [2.24, 2.45) is 0 Å². The molecular weight excluding hydrogens is 588 g/mol. The molecule has 5 aromatic rings. The number of H-pyrrole nitrogens is 1. The van der Waals surface area contributed by atoms with Gasteiger partial charge in [-0.05, 0) is 48.0 Å². The predicted molar refractivity (Wildman–Crippen MR) is 142 cm³/mol. The molecule has 2 aromatic heterocycles. The van der Waals surface area contributed by atoms with Crippen molar-refractivity contribution in [1.29, 1.82) is 5.26 Å². The fraction of sp³-hybridized carbons (Fsp3) is 0.0769. The van der Waals surface area contributed by atoms with E-state index in [1.807, 2.05) is 4.98 Å². The number of nitrogens with zero attached hydrogens (tertiary/aromatic N) is 5. The second-order valence-corrected chi connectivity index (χ2v) is 9.34. The quantitative estimate of drug-likeness (QED) is 0.309. The maximum atomic E-state index is 13.2. The number of aromatic nitrogens is 5. The zero-order valence-electron chi connectivity index (χ0n) is 20.2. The maximum Gasteiger partial charge on any atom is 0.416 e. The fourth-order valence-corrected chi connectivity index (χ4v) is 4.44. The number of fused-ring (bicyclic) bond motifs is 1. The molecule has 0 atom stereocenters. The summed E-state index contributed by atoms with van der Waals surface area (Å²) < 4.78 is 47.0. The number of hydrogen-bond acceptors (Lipinski definition) is 7. The SMILES string of the molecule is N#Cc1nn(-c2cc(Cl)c(Oc3ccc4ncn(Cc5cccc(C(F)(F)F)c5)c(=O)c4c3)c(Cl)c2)c(=O)[nH]c1=O. The highest BCUT2D eigenvalue weighted by atomic mass is 35.5. The molecule has 206 valence electrons. The molecule has 15 heteroatoms. The monoisotopic (exact) mass is 600 g/mol. The minimum absolute atomic E-state index is 0.0327. The molecule has 0 spiro atoms. The molecule has 3 aromatic carbocycles. The third-order valence-electron chi connectivity index (χ3n) is 5.78. The van der Waals surface area contributed by atoms with Crippen molar-refractivity contribution in [2.45, 2.75) is 12.7 Å². The van der Waals surface area contributed by atoms with Gasteiger partial charge in [0.25, 0.3) is 11.1 Å². The van der Waals surface area contributed by atoms with Crippen LogP contribution < -0.4 is 21.5 Å². The number of benzene rings is 3. The lowest BCUT2D eigenvalue weighted by molar-refractivity contribution is -0.137. The first kappa shape index (κ1) is 27.6. The Labute approximate surface area is 236 Å². The molecule has 10 nitrogen and oxygen atoms in total. The second kappa shape index (κ2) is 10.6. The summed E-state index contributed by atoms with van der Waals surface area (Å²) in [6.07, 6.45) is -3.29. The van der Waals surface area contributed by atoms with Crippen LogP contribution in [0.2, 0.25) is 10.0 Å². The van der Waals surface area contributed by atoms with Crippen LogP contribution in [0.4, 0.5) is 13.2 Å². The van der Waals surface area contributed by atoms with E-state index in [1.54, 1.807) is 6.07 Å². The van der Waals surface area contributed by atoms with Gasteiger partial charge in [-0.1, -0.05) is 35.3 Å². The van der Waals surface area contributed by atoms with Gasteiger partial charge in [0.2, 0.25) is 5.69 Å². The Morgan fingerprint density at radius 2 is 1.76 bits per heavy atom. The Bertz CT molecular complexity index is 2040. The third kappa shape index (κ3) is 5.56. The van der Waals surface area contributed by atoms with Gasteiger partial charge in [0, 0.05) is 0 Å². The summed E-state index contributed by atoms with van der Waals surface area (Å²) in [6.45, 7) is -0.151. The molecule has 0 amide bonds. The summed E-state index contributed by atoms with van der Waals surface area (Å²) in [5.41, 5.74) is -3.20.